The number of carbonyl (C=O) groups excluding carboxylic acids is 1. The third-order valence-electron chi connectivity index (χ3n) is 6.21. The normalized spacial score (nSPS) is 15.1. The first kappa shape index (κ1) is 23.3. The van der Waals surface area contributed by atoms with Crippen molar-refractivity contribution in [1.82, 2.24) is 25.4 Å². The van der Waals surface area contributed by atoms with Gasteiger partial charge in [-0.15, -0.1) is 0 Å². The Bertz CT molecular complexity index is 1350. The van der Waals surface area contributed by atoms with Crippen molar-refractivity contribution in [2.24, 2.45) is 11.8 Å². The Morgan fingerprint density at radius 1 is 1.19 bits per heavy atom. The summed E-state index contributed by atoms with van der Waals surface area (Å²) in [4.78, 5) is 27.9. The lowest BCUT2D eigenvalue weighted by Crippen LogP contribution is -2.42. The number of rotatable bonds is 7. The predicted octanol–water partition coefficient (Wildman–Crippen LogP) is 3.98. The van der Waals surface area contributed by atoms with Crippen LogP contribution in [0.4, 0.5) is 5.88 Å². The van der Waals surface area contributed by atoms with E-state index in [0.717, 1.165) is 5.56 Å². The summed E-state index contributed by atoms with van der Waals surface area (Å²) in [5, 5.41) is 16.7. The van der Waals surface area contributed by atoms with E-state index in [-0.39, 0.29) is 29.3 Å². The Hall–Kier alpha value is -4.46. The first-order chi connectivity index (χ1) is 17.5. The number of nitrogens with zero attached hydrogens (tertiary/aromatic N) is 6. The molecule has 1 unspecified atom stereocenters. The van der Waals surface area contributed by atoms with Crippen LogP contribution in [-0.4, -0.2) is 39.1 Å². The number of piperidine rings is 1. The van der Waals surface area contributed by atoms with E-state index in [2.05, 4.69) is 31.5 Å². The van der Waals surface area contributed by atoms with Crippen molar-refractivity contribution in [3.8, 4) is 29.1 Å². The molecule has 11 nitrogen and oxygen atoms in total. The van der Waals surface area contributed by atoms with E-state index >= 15 is 0 Å². The van der Waals surface area contributed by atoms with Crippen molar-refractivity contribution < 1.29 is 18.2 Å². The summed E-state index contributed by atoms with van der Waals surface area (Å²) in [6, 6.07) is 8.73. The van der Waals surface area contributed by atoms with Gasteiger partial charge in [-0.25, -0.2) is 0 Å². The number of pyridine rings is 1. The van der Waals surface area contributed by atoms with E-state index in [1.807, 2.05) is 18.7 Å². The molecule has 36 heavy (non-hydrogen) atoms. The molecule has 0 aliphatic carbocycles. The lowest BCUT2D eigenvalue weighted by atomic mass is 9.94. The fraction of sp³-hybridized carbons (Fsp3) is 0.360. The van der Waals surface area contributed by atoms with Crippen LogP contribution in [0.25, 0.3) is 23.0 Å². The van der Waals surface area contributed by atoms with E-state index in [1.165, 1.54) is 6.26 Å². The van der Waals surface area contributed by atoms with Gasteiger partial charge in [-0.05, 0) is 43.0 Å². The zero-order valence-electron chi connectivity index (χ0n) is 19.9. The molecule has 0 radical (unpaired) electrons. The number of oxazole rings is 1. The van der Waals surface area contributed by atoms with Gasteiger partial charge in [-0.3, -0.25) is 9.78 Å². The molecule has 1 saturated heterocycles. The van der Waals surface area contributed by atoms with Crippen LogP contribution in [0, 0.1) is 23.2 Å². The largest absolute Gasteiger partial charge is 0.459 e. The van der Waals surface area contributed by atoms with E-state index in [9.17, 15) is 10.1 Å². The molecule has 1 N–H and O–H groups in total. The molecular formula is C25H25N7O4. The number of carbonyl (C=O) groups is 1. The number of furan rings is 1. The third kappa shape index (κ3) is 4.70. The standard InChI is InChI=1S/C25H25N7O4/c1-15(2)20(24-30-21(31-36-24)16-5-9-27-10-6-16)29-22(33)17-7-11-32(12-8-17)25-18(14-26)28-23(35-25)19-4-3-13-34-19/h3-6,9-10,13,15,17,20H,7-8,11-12H2,1-2H3,(H,29,33). The van der Waals surface area contributed by atoms with Crippen LogP contribution in [0.3, 0.4) is 0 Å². The number of amides is 1. The Labute approximate surface area is 207 Å². The summed E-state index contributed by atoms with van der Waals surface area (Å²) < 4.78 is 16.7. The first-order valence-corrected chi connectivity index (χ1v) is 11.8. The fourth-order valence-corrected chi connectivity index (χ4v) is 4.21. The smallest absolute Gasteiger partial charge is 0.266 e. The average Bonchev–Trinajstić information content (AvgIpc) is 3.68. The number of hydrogen-bond donors (Lipinski definition) is 1. The zero-order valence-corrected chi connectivity index (χ0v) is 19.9. The second-order valence-electron chi connectivity index (χ2n) is 8.95. The molecule has 1 fully saturated rings. The van der Waals surface area contributed by atoms with E-state index in [0.29, 0.717) is 49.3 Å². The van der Waals surface area contributed by atoms with Crippen LogP contribution in [0.5, 0.6) is 0 Å². The highest BCUT2D eigenvalue weighted by molar-refractivity contribution is 5.79. The minimum absolute atomic E-state index is 0.0483. The van der Waals surface area contributed by atoms with Crippen LogP contribution in [-0.2, 0) is 4.79 Å². The SMILES string of the molecule is CC(C)C(NC(=O)C1CCN(c2oc(-c3ccco3)nc2C#N)CC1)c1nc(-c2ccncc2)no1. The van der Waals surface area contributed by atoms with Gasteiger partial charge in [-0.1, -0.05) is 19.0 Å². The molecule has 1 atom stereocenters. The van der Waals surface area contributed by atoms with Gasteiger partial charge >= 0.3 is 0 Å². The summed E-state index contributed by atoms with van der Waals surface area (Å²) in [5.41, 5.74) is 0.992. The zero-order chi connectivity index (χ0) is 25.1. The average molecular weight is 488 g/mol. The molecule has 1 aliphatic heterocycles. The maximum absolute atomic E-state index is 13.2. The monoisotopic (exact) mass is 487 g/mol. The Morgan fingerprint density at radius 3 is 2.64 bits per heavy atom. The van der Waals surface area contributed by atoms with Crippen molar-refractivity contribution in [1.29, 1.82) is 5.26 Å². The van der Waals surface area contributed by atoms with Gasteiger partial charge in [0.05, 0.1) is 6.26 Å². The van der Waals surface area contributed by atoms with Crippen LogP contribution in [0.15, 0.2) is 56.3 Å². The quantitative estimate of drug-likeness (QED) is 0.406. The molecule has 1 aliphatic rings. The van der Waals surface area contributed by atoms with Crippen LogP contribution >= 0.6 is 0 Å². The van der Waals surface area contributed by atoms with Gasteiger partial charge < -0.3 is 23.6 Å². The number of hydrogen-bond acceptors (Lipinski definition) is 10. The van der Waals surface area contributed by atoms with Gasteiger partial charge in [0.15, 0.2) is 5.76 Å². The van der Waals surface area contributed by atoms with Crippen molar-refractivity contribution >= 4 is 11.8 Å². The van der Waals surface area contributed by atoms with Crippen molar-refractivity contribution in [3.05, 3.63) is 54.5 Å². The Kier molecular flexibility index (Phi) is 6.49. The lowest BCUT2D eigenvalue weighted by Gasteiger charge is -2.32. The van der Waals surface area contributed by atoms with Crippen molar-refractivity contribution in [3.63, 3.8) is 0 Å². The van der Waals surface area contributed by atoms with E-state index in [1.54, 1.807) is 36.7 Å². The third-order valence-corrected chi connectivity index (χ3v) is 6.21. The summed E-state index contributed by atoms with van der Waals surface area (Å²) in [7, 11) is 0. The van der Waals surface area contributed by atoms with Crippen LogP contribution < -0.4 is 10.2 Å². The highest BCUT2D eigenvalue weighted by atomic mass is 16.5. The first-order valence-electron chi connectivity index (χ1n) is 11.8. The summed E-state index contributed by atoms with van der Waals surface area (Å²) in [6.07, 6.45) is 6.05. The molecule has 0 bridgehead atoms. The second-order valence-corrected chi connectivity index (χ2v) is 8.95. The Morgan fingerprint density at radius 2 is 1.97 bits per heavy atom. The minimum atomic E-state index is -0.408. The van der Waals surface area contributed by atoms with Gasteiger partial charge in [0, 0.05) is 37.0 Å². The van der Waals surface area contributed by atoms with Gasteiger partial charge in [0.2, 0.25) is 29.2 Å². The molecule has 4 aromatic rings. The molecule has 0 spiro atoms. The van der Waals surface area contributed by atoms with Gasteiger partial charge in [-0.2, -0.15) is 15.2 Å². The highest BCUT2D eigenvalue weighted by Crippen LogP contribution is 2.32. The number of aromatic nitrogens is 4. The van der Waals surface area contributed by atoms with E-state index in [4.69, 9.17) is 13.4 Å². The number of anilines is 1. The van der Waals surface area contributed by atoms with Crippen LogP contribution in [0.2, 0.25) is 0 Å². The topological polar surface area (TPSA) is 147 Å². The lowest BCUT2D eigenvalue weighted by molar-refractivity contribution is -0.127. The molecule has 4 aromatic heterocycles. The predicted molar refractivity (Wildman–Crippen MR) is 127 cm³/mol. The van der Waals surface area contributed by atoms with Crippen molar-refractivity contribution in [2.75, 3.05) is 18.0 Å². The molecule has 0 aromatic carbocycles. The molecule has 184 valence electrons. The van der Waals surface area contributed by atoms with Crippen molar-refractivity contribution in [2.45, 2.75) is 32.7 Å². The molecule has 1 amide bonds. The van der Waals surface area contributed by atoms with Gasteiger partial charge in [0.1, 0.15) is 12.1 Å². The minimum Gasteiger partial charge on any atom is -0.459 e. The molecule has 0 saturated carbocycles. The fourth-order valence-electron chi connectivity index (χ4n) is 4.21. The number of nitrogens with one attached hydrogen (secondary N) is 1. The summed E-state index contributed by atoms with van der Waals surface area (Å²) in [6.45, 7) is 5.10. The molecular weight excluding hydrogens is 462 g/mol. The molecule has 11 heteroatoms. The van der Waals surface area contributed by atoms with Gasteiger partial charge in [0.25, 0.3) is 5.89 Å². The summed E-state index contributed by atoms with van der Waals surface area (Å²) >= 11 is 0. The second kappa shape index (κ2) is 10.0. The number of nitriles is 1. The maximum atomic E-state index is 13.2. The molecule has 5 heterocycles. The maximum Gasteiger partial charge on any atom is 0.266 e. The van der Waals surface area contributed by atoms with E-state index < -0.39 is 6.04 Å². The van der Waals surface area contributed by atoms with Crippen LogP contribution in [0.1, 0.15) is 44.3 Å². The highest BCUT2D eigenvalue weighted by Gasteiger charge is 2.32. The molecule has 5 rings (SSSR count). The Balaban J connectivity index is 1.23. The summed E-state index contributed by atoms with van der Waals surface area (Å²) in [5.74, 6) is 1.74.